The smallest absolute Gasteiger partial charge is 0.331 e. The number of allylic oxidation sites excluding steroid dienone is 1. The highest BCUT2D eigenvalue weighted by atomic mass is 16.4. The summed E-state index contributed by atoms with van der Waals surface area (Å²) in [6.45, 7) is 6.16. The van der Waals surface area contributed by atoms with Crippen LogP contribution in [0.3, 0.4) is 0 Å². The minimum Gasteiger partial charge on any atom is -0.478 e. The lowest BCUT2D eigenvalue weighted by Gasteiger charge is -2.04. The molecule has 2 nitrogen and oxygen atoms in total. The van der Waals surface area contributed by atoms with E-state index in [-0.39, 0.29) is 5.41 Å². The zero-order valence-electron chi connectivity index (χ0n) is 7.92. The van der Waals surface area contributed by atoms with Gasteiger partial charge in [-0.1, -0.05) is 26.8 Å². The summed E-state index contributed by atoms with van der Waals surface area (Å²) in [6, 6.07) is 0. The van der Waals surface area contributed by atoms with Gasteiger partial charge in [-0.25, -0.2) is 4.79 Å². The van der Waals surface area contributed by atoms with Crippen molar-refractivity contribution in [3.05, 3.63) is 11.6 Å². The van der Waals surface area contributed by atoms with Crippen molar-refractivity contribution in [3.8, 4) is 0 Å². The van der Waals surface area contributed by atoms with E-state index in [1.54, 1.807) is 0 Å². The van der Waals surface area contributed by atoms with Crippen LogP contribution in [0.15, 0.2) is 11.6 Å². The van der Waals surface area contributed by atoms with Crippen molar-refractivity contribution in [1.82, 2.24) is 0 Å². The lowest BCUT2D eigenvalue weighted by atomic mass is 10.0. The maximum absolute atomic E-state index is 10.7. The molecule has 0 aliphatic heterocycles. The molecule has 2 unspecified atom stereocenters. The predicted octanol–water partition coefficient (Wildman–Crippen LogP) is 2.45. The monoisotopic (exact) mass is 168 g/mol. The minimum atomic E-state index is -0.766. The van der Waals surface area contributed by atoms with E-state index < -0.39 is 5.97 Å². The largest absolute Gasteiger partial charge is 0.478 e. The Hall–Kier alpha value is -0.790. The van der Waals surface area contributed by atoms with E-state index in [2.05, 4.69) is 13.8 Å². The van der Waals surface area contributed by atoms with Crippen LogP contribution in [0.2, 0.25) is 0 Å². The minimum absolute atomic E-state index is 0.170. The fourth-order valence-corrected chi connectivity index (χ4v) is 1.52. The van der Waals surface area contributed by atoms with Crippen LogP contribution in [0.25, 0.3) is 0 Å². The Morgan fingerprint density at radius 1 is 1.75 bits per heavy atom. The fourth-order valence-electron chi connectivity index (χ4n) is 1.52. The molecule has 12 heavy (non-hydrogen) atoms. The number of carboxylic acids is 1. The third-order valence-corrected chi connectivity index (χ3v) is 2.87. The zero-order chi connectivity index (χ0) is 9.35. The Morgan fingerprint density at radius 3 is 2.50 bits per heavy atom. The molecule has 0 heterocycles. The number of carboxylic acid groups (broad SMARTS) is 1. The molecule has 0 saturated heterocycles. The van der Waals surface area contributed by atoms with Crippen LogP contribution in [0.1, 0.15) is 33.6 Å². The molecule has 1 N–H and O–H groups in total. The Kier molecular flexibility index (Phi) is 2.27. The summed E-state index contributed by atoms with van der Waals surface area (Å²) in [5, 5.41) is 8.78. The lowest BCUT2D eigenvalue weighted by Crippen LogP contribution is -2.03. The molecular weight excluding hydrogens is 152 g/mol. The van der Waals surface area contributed by atoms with Gasteiger partial charge in [0.15, 0.2) is 0 Å². The molecule has 0 amide bonds. The number of carbonyl (C=O) groups is 1. The summed E-state index contributed by atoms with van der Waals surface area (Å²) in [5.74, 6) is -0.115. The highest BCUT2D eigenvalue weighted by Gasteiger charge is 2.44. The van der Waals surface area contributed by atoms with Crippen molar-refractivity contribution in [2.24, 2.45) is 11.3 Å². The molecule has 0 aromatic rings. The maximum atomic E-state index is 10.7. The van der Waals surface area contributed by atoms with Crippen LogP contribution in [0.4, 0.5) is 0 Å². The van der Waals surface area contributed by atoms with E-state index in [1.165, 1.54) is 0 Å². The van der Waals surface area contributed by atoms with Gasteiger partial charge in [0.2, 0.25) is 0 Å². The molecule has 0 radical (unpaired) electrons. The molecule has 0 aromatic heterocycles. The van der Waals surface area contributed by atoms with Crippen molar-refractivity contribution in [3.63, 3.8) is 0 Å². The second-order valence-corrected chi connectivity index (χ2v) is 3.94. The highest BCUT2D eigenvalue weighted by molar-refractivity contribution is 5.86. The van der Waals surface area contributed by atoms with Crippen molar-refractivity contribution in [1.29, 1.82) is 0 Å². The van der Waals surface area contributed by atoms with Gasteiger partial charge in [0.05, 0.1) is 0 Å². The molecule has 68 valence electrons. The quantitative estimate of drug-likeness (QED) is 0.657. The first kappa shape index (κ1) is 9.30. The summed E-state index contributed by atoms with van der Waals surface area (Å²) in [4.78, 5) is 10.7. The van der Waals surface area contributed by atoms with E-state index in [0.29, 0.717) is 17.9 Å². The van der Waals surface area contributed by atoms with Gasteiger partial charge in [-0.15, -0.1) is 0 Å². The standard InChI is InChI=1S/C10H16O2/c1-4-8(9(11)12)6-10(3)5-7(10)2/h6-7H,4-5H2,1-3H3,(H,11,12)/b8-6+. The Balaban J connectivity index is 2.72. The third kappa shape index (κ3) is 1.68. The second kappa shape index (κ2) is 2.92. The number of hydrogen-bond acceptors (Lipinski definition) is 1. The van der Waals surface area contributed by atoms with Gasteiger partial charge in [-0.05, 0) is 24.2 Å². The van der Waals surface area contributed by atoms with Gasteiger partial charge in [0.1, 0.15) is 0 Å². The topological polar surface area (TPSA) is 37.3 Å². The first-order valence-corrected chi connectivity index (χ1v) is 4.44. The second-order valence-electron chi connectivity index (χ2n) is 3.94. The first-order chi connectivity index (χ1) is 5.49. The molecule has 2 heteroatoms. The van der Waals surface area contributed by atoms with Crippen LogP contribution in [-0.2, 0) is 4.79 Å². The summed E-state index contributed by atoms with van der Waals surface area (Å²) in [5.41, 5.74) is 0.728. The zero-order valence-corrected chi connectivity index (χ0v) is 7.92. The van der Waals surface area contributed by atoms with Gasteiger partial charge >= 0.3 is 5.97 Å². The average Bonchev–Trinajstić information content (AvgIpc) is 2.55. The van der Waals surface area contributed by atoms with E-state index in [0.717, 1.165) is 6.42 Å². The van der Waals surface area contributed by atoms with E-state index in [1.807, 2.05) is 13.0 Å². The van der Waals surface area contributed by atoms with Gasteiger partial charge in [0, 0.05) is 5.57 Å². The molecule has 1 fully saturated rings. The first-order valence-electron chi connectivity index (χ1n) is 4.44. The predicted molar refractivity (Wildman–Crippen MR) is 47.9 cm³/mol. The van der Waals surface area contributed by atoms with Gasteiger partial charge in [-0.3, -0.25) is 0 Å². The molecule has 1 rings (SSSR count). The Morgan fingerprint density at radius 2 is 2.25 bits per heavy atom. The average molecular weight is 168 g/mol. The molecule has 0 aromatic carbocycles. The molecule has 1 saturated carbocycles. The summed E-state index contributed by atoms with van der Waals surface area (Å²) in [7, 11) is 0. The summed E-state index contributed by atoms with van der Waals surface area (Å²) >= 11 is 0. The van der Waals surface area contributed by atoms with Gasteiger partial charge in [-0.2, -0.15) is 0 Å². The summed E-state index contributed by atoms with van der Waals surface area (Å²) in [6.07, 6.45) is 3.68. The molecule has 1 aliphatic carbocycles. The molecule has 0 spiro atoms. The summed E-state index contributed by atoms with van der Waals surface area (Å²) < 4.78 is 0. The van der Waals surface area contributed by atoms with Crippen LogP contribution in [-0.4, -0.2) is 11.1 Å². The Bertz CT molecular complexity index is 230. The van der Waals surface area contributed by atoms with Crippen LogP contribution >= 0.6 is 0 Å². The fraction of sp³-hybridized carbons (Fsp3) is 0.700. The highest BCUT2D eigenvalue weighted by Crippen LogP contribution is 2.53. The van der Waals surface area contributed by atoms with Gasteiger partial charge in [0.25, 0.3) is 0 Å². The van der Waals surface area contributed by atoms with Crippen LogP contribution in [0, 0.1) is 11.3 Å². The molecule has 0 bridgehead atoms. The normalized spacial score (nSPS) is 34.9. The number of rotatable bonds is 3. The maximum Gasteiger partial charge on any atom is 0.331 e. The molecule has 2 atom stereocenters. The number of aliphatic carboxylic acids is 1. The Labute approximate surface area is 73.3 Å². The molecular formula is C10H16O2. The van der Waals surface area contributed by atoms with Crippen molar-refractivity contribution >= 4 is 5.97 Å². The third-order valence-electron chi connectivity index (χ3n) is 2.87. The van der Waals surface area contributed by atoms with Crippen LogP contribution < -0.4 is 0 Å². The van der Waals surface area contributed by atoms with E-state index in [9.17, 15) is 4.79 Å². The van der Waals surface area contributed by atoms with Crippen molar-refractivity contribution < 1.29 is 9.90 Å². The SMILES string of the molecule is CC/C(=C\C1(C)CC1C)C(=O)O. The van der Waals surface area contributed by atoms with Crippen LogP contribution in [0.5, 0.6) is 0 Å². The molecule has 1 aliphatic rings. The van der Waals surface area contributed by atoms with E-state index >= 15 is 0 Å². The lowest BCUT2D eigenvalue weighted by molar-refractivity contribution is -0.132. The van der Waals surface area contributed by atoms with Gasteiger partial charge < -0.3 is 5.11 Å². The van der Waals surface area contributed by atoms with Crippen molar-refractivity contribution in [2.75, 3.05) is 0 Å². The number of hydrogen-bond donors (Lipinski definition) is 1. The van der Waals surface area contributed by atoms with E-state index in [4.69, 9.17) is 5.11 Å². The van der Waals surface area contributed by atoms with Crippen molar-refractivity contribution in [2.45, 2.75) is 33.6 Å².